The lowest BCUT2D eigenvalue weighted by molar-refractivity contribution is 0.105. The third kappa shape index (κ3) is 1.61. The van der Waals surface area contributed by atoms with Gasteiger partial charge in [0.1, 0.15) is 5.75 Å². The summed E-state index contributed by atoms with van der Waals surface area (Å²) in [7, 11) is 0. The normalized spacial score (nSPS) is 19.2. The number of rotatable bonds is 2. The van der Waals surface area contributed by atoms with Gasteiger partial charge in [-0.1, -0.05) is 24.3 Å². The first kappa shape index (κ1) is 11.5. The molecule has 0 atom stereocenters. The number of hydrogen-bond donors (Lipinski definition) is 0. The Hall–Kier alpha value is -2.36. The molecule has 1 aliphatic carbocycles. The van der Waals surface area contributed by atoms with Gasteiger partial charge < -0.3 is 4.74 Å². The molecule has 0 bridgehead atoms. The maximum Gasteiger partial charge on any atom is 0.416 e. The highest BCUT2D eigenvalue weighted by Gasteiger charge is 2.54. The van der Waals surface area contributed by atoms with Gasteiger partial charge in [-0.05, 0) is 31.0 Å². The molecule has 1 aliphatic heterocycles. The Balaban J connectivity index is 1.72. The highest BCUT2D eigenvalue weighted by atomic mass is 16.6. The van der Waals surface area contributed by atoms with E-state index in [4.69, 9.17) is 4.74 Å². The molecule has 2 aliphatic rings. The minimum absolute atomic E-state index is 0.271. The maximum absolute atomic E-state index is 12.3. The van der Waals surface area contributed by atoms with Crippen LogP contribution in [0.3, 0.4) is 0 Å². The number of fused-ring (bicyclic) bond motifs is 1. The largest absolute Gasteiger partial charge is 0.416 e. The second kappa shape index (κ2) is 4.07. The van der Waals surface area contributed by atoms with Crippen molar-refractivity contribution in [3.05, 3.63) is 59.9 Å². The number of hydrogen-bond acceptors (Lipinski definition) is 3. The second-order valence-corrected chi connectivity index (χ2v) is 5.31. The summed E-state index contributed by atoms with van der Waals surface area (Å²) in [6.45, 7) is 0.589. The third-order valence-electron chi connectivity index (χ3n) is 4.10. The van der Waals surface area contributed by atoms with Crippen LogP contribution in [-0.4, -0.2) is 16.0 Å². The molecule has 2 aromatic rings. The maximum atomic E-state index is 12.3. The fourth-order valence-electron chi connectivity index (χ4n) is 2.86. The molecule has 2 heterocycles. The van der Waals surface area contributed by atoms with E-state index < -0.39 is 0 Å². The number of nitrogens with zero attached hydrogens (tertiary/aromatic N) is 2. The van der Waals surface area contributed by atoms with Crippen molar-refractivity contribution < 1.29 is 9.53 Å². The summed E-state index contributed by atoms with van der Waals surface area (Å²) in [5, 5.41) is 0. The predicted molar refractivity (Wildman–Crippen MR) is 73.2 cm³/mol. The van der Waals surface area contributed by atoms with Gasteiger partial charge in [0.25, 0.3) is 0 Å². The van der Waals surface area contributed by atoms with Crippen molar-refractivity contribution in [2.75, 3.05) is 0 Å². The molecule has 1 saturated carbocycles. The highest BCUT2D eigenvalue weighted by Crippen LogP contribution is 2.52. The van der Waals surface area contributed by atoms with Crippen molar-refractivity contribution in [2.24, 2.45) is 0 Å². The summed E-state index contributed by atoms with van der Waals surface area (Å²) in [4.78, 5) is 18.5. The van der Waals surface area contributed by atoms with Crippen LogP contribution in [0.2, 0.25) is 0 Å². The minimum atomic E-state index is -0.272. The number of para-hydroxylation sites is 1. The van der Waals surface area contributed by atoms with E-state index in [0.29, 0.717) is 12.3 Å². The molecule has 1 aromatic heterocycles. The van der Waals surface area contributed by atoms with Gasteiger partial charge in [-0.2, -0.15) is 0 Å². The molecule has 1 aromatic carbocycles. The number of ether oxygens (including phenoxy) is 1. The summed E-state index contributed by atoms with van der Waals surface area (Å²) >= 11 is 0. The molecule has 0 radical (unpaired) electrons. The van der Waals surface area contributed by atoms with Crippen molar-refractivity contribution in [1.82, 2.24) is 9.88 Å². The Kier molecular flexibility index (Phi) is 2.33. The van der Waals surface area contributed by atoms with Crippen molar-refractivity contribution in [1.29, 1.82) is 0 Å². The molecular weight excluding hydrogens is 252 g/mol. The minimum Gasteiger partial charge on any atom is -0.410 e. The van der Waals surface area contributed by atoms with Crippen LogP contribution in [0.15, 0.2) is 48.7 Å². The molecule has 20 heavy (non-hydrogen) atoms. The van der Waals surface area contributed by atoms with E-state index in [1.54, 1.807) is 6.20 Å². The van der Waals surface area contributed by atoms with Crippen LogP contribution in [0.5, 0.6) is 5.75 Å². The average molecular weight is 266 g/mol. The molecule has 4 nitrogen and oxygen atoms in total. The van der Waals surface area contributed by atoms with Crippen LogP contribution < -0.4 is 4.74 Å². The van der Waals surface area contributed by atoms with Crippen LogP contribution in [0.4, 0.5) is 4.79 Å². The monoisotopic (exact) mass is 266 g/mol. The summed E-state index contributed by atoms with van der Waals surface area (Å²) in [5.74, 6) is 0.672. The van der Waals surface area contributed by atoms with E-state index >= 15 is 0 Å². The summed E-state index contributed by atoms with van der Waals surface area (Å²) in [6.07, 6.45) is 3.40. The number of carbonyl (C=O) groups is 1. The smallest absolute Gasteiger partial charge is 0.410 e. The Morgan fingerprint density at radius 3 is 2.65 bits per heavy atom. The standard InChI is InChI=1S/C16H14N2O2/c19-15-18(11-12-5-1-2-6-13(12)20-15)16(8-9-16)14-7-3-4-10-17-14/h1-7,10H,8-9,11H2. The van der Waals surface area contributed by atoms with E-state index in [2.05, 4.69) is 4.98 Å². The van der Waals surface area contributed by atoms with E-state index in [-0.39, 0.29) is 11.6 Å². The first-order valence-electron chi connectivity index (χ1n) is 6.78. The molecular formula is C16H14N2O2. The quantitative estimate of drug-likeness (QED) is 0.838. The van der Waals surface area contributed by atoms with Gasteiger partial charge in [-0.3, -0.25) is 9.88 Å². The van der Waals surface area contributed by atoms with Crippen LogP contribution in [0.25, 0.3) is 0 Å². The molecule has 100 valence electrons. The molecule has 0 spiro atoms. The van der Waals surface area contributed by atoms with Crippen molar-refractivity contribution in [3.8, 4) is 5.75 Å². The zero-order chi connectivity index (χ0) is 13.6. The Morgan fingerprint density at radius 2 is 1.90 bits per heavy atom. The van der Waals surface area contributed by atoms with Crippen LogP contribution in [0.1, 0.15) is 24.1 Å². The molecule has 1 amide bonds. The molecule has 4 heteroatoms. The lowest BCUT2D eigenvalue weighted by Crippen LogP contribution is -2.44. The Morgan fingerprint density at radius 1 is 1.10 bits per heavy atom. The third-order valence-corrected chi connectivity index (χ3v) is 4.10. The summed E-state index contributed by atoms with van der Waals surface area (Å²) in [5.41, 5.74) is 1.73. The van der Waals surface area contributed by atoms with Crippen LogP contribution in [0, 0.1) is 0 Å². The zero-order valence-corrected chi connectivity index (χ0v) is 11.0. The molecule has 0 saturated heterocycles. The lowest BCUT2D eigenvalue weighted by Gasteiger charge is -2.34. The van der Waals surface area contributed by atoms with Gasteiger partial charge >= 0.3 is 6.09 Å². The fraction of sp³-hybridized carbons (Fsp3) is 0.250. The fourth-order valence-corrected chi connectivity index (χ4v) is 2.86. The van der Waals surface area contributed by atoms with Crippen molar-refractivity contribution in [2.45, 2.75) is 24.9 Å². The zero-order valence-electron chi connectivity index (χ0n) is 11.0. The van der Waals surface area contributed by atoms with Crippen LogP contribution >= 0.6 is 0 Å². The first-order chi connectivity index (χ1) is 9.79. The SMILES string of the molecule is O=C1Oc2ccccc2CN1C1(c2ccccn2)CC1. The number of pyridine rings is 1. The van der Waals surface area contributed by atoms with Gasteiger partial charge in [0.05, 0.1) is 17.8 Å². The number of carbonyl (C=O) groups excluding carboxylic acids is 1. The summed E-state index contributed by atoms with van der Waals surface area (Å²) in [6, 6.07) is 13.5. The van der Waals surface area contributed by atoms with Gasteiger partial charge in [0.2, 0.25) is 0 Å². The molecule has 0 unspecified atom stereocenters. The first-order valence-corrected chi connectivity index (χ1v) is 6.78. The van der Waals surface area contributed by atoms with Gasteiger partial charge in [0, 0.05) is 11.8 Å². The second-order valence-electron chi connectivity index (χ2n) is 5.31. The lowest BCUT2D eigenvalue weighted by atomic mass is 10.1. The van der Waals surface area contributed by atoms with Gasteiger partial charge in [-0.25, -0.2) is 4.79 Å². The molecule has 1 fully saturated rings. The number of benzene rings is 1. The average Bonchev–Trinajstić information content (AvgIpc) is 3.29. The van der Waals surface area contributed by atoms with E-state index in [0.717, 1.165) is 24.1 Å². The van der Waals surface area contributed by atoms with Crippen molar-refractivity contribution >= 4 is 6.09 Å². The van der Waals surface area contributed by atoms with Gasteiger partial charge in [0.15, 0.2) is 0 Å². The van der Waals surface area contributed by atoms with Crippen LogP contribution in [-0.2, 0) is 12.1 Å². The van der Waals surface area contributed by atoms with E-state index in [1.165, 1.54) is 0 Å². The number of amides is 1. The van der Waals surface area contributed by atoms with Gasteiger partial charge in [-0.15, -0.1) is 0 Å². The van der Waals surface area contributed by atoms with E-state index in [1.807, 2.05) is 47.4 Å². The van der Waals surface area contributed by atoms with E-state index in [9.17, 15) is 4.79 Å². The Labute approximate surface area is 117 Å². The number of aromatic nitrogens is 1. The molecule has 4 rings (SSSR count). The van der Waals surface area contributed by atoms with Crippen molar-refractivity contribution in [3.63, 3.8) is 0 Å². The molecule has 0 N–H and O–H groups in total. The topological polar surface area (TPSA) is 42.4 Å². The highest BCUT2D eigenvalue weighted by molar-refractivity contribution is 5.75. The summed E-state index contributed by atoms with van der Waals surface area (Å²) < 4.78 is 5.45. The predicted octanol–water partition coefficient (Wildman–Crippen LogP) is 3.09. The Bertz CT molecular complexity index is 665.